The minimum Gasteiger partial charge on any atom is -0.481 e. The van der Waals surface area contributed by atoms with Crippen LogP contribution in [0.1, 0.15) is 78.6 Å². The number of nitrogens with two attached hydrogens (primary N) is 1. The van der Waals surface area contributed by atoms with Crippen LogP contribution < -0.4 is 5.73 Å². The molecule has 0 unspecified atom stereocenters. The molecule has 0 saturated carbocycles. The van der Waals surface area contributed by atoms with Crippen molar-refractivity contribution in [2.75, 3.05) is 0 Å². The number of cyclic esters (lactones) is 1. The normalized spacial score (nSPS) is 43.5. The number of ketones is 1. The minimum atomic E-state index is -2.15. The van der Waals surface area contributed by atoms with Crippen molar-refractivity contribution >= 4 is 17.7 Å². The first-order valence-electron chi connectivity index (χ1n) is 18.0. The van der Waals surface area contributed by atoms with Gasteiger partial charge in [-0.25, -0.2) is 0 Å². The number of esters is 1. The maximum absolute atomic E-state index is 12.8. The van der Waals surface area contributed by atoms with E-state index in [1.165, 1.54) is 0 Å². The third kappa shape index (κ3) is 12.9. The molecule has 0 amide bonds. The second-order valence-corrected chi connectivity index (χ2v) is 14.1. The number of rotatable bonds is 4. The molecule has 0 spiro atoms. The Balaban J connectivity index is 1.88. The van der Waals surface area contributed by atoms with Gasteiger partial charge in [0, 0.05) is 38.5 Å². The van der Waals surface area contributed by atoms with Crippen molar-refractivity contribution < 1.29 is 69.1 Å². The van der Waals surface area contributed by atoms with Crippen LogP contribution in [0.3, 0.4) is 0 Å². The molecule has 0 aromatic carbocycles. The number of allylic oxidation sites excluding steroid dienone is 6. The summed E-state index contributed by atoms with van der Waals surface area (Å²) < 4.78 is 23.1. The highest BCUT2D eigenvalue weighted by molar-refractivity contribution is 5.80. The second-order valence-electron chi connectivity index (χ2n) is 14.1. The van der Waals surface area contributed by atoms with E-state index in [-0.39, 0.29) is 44.3 Å². The number of fused-ring (bicyclic) bond motifs is 2. The number of carboxylic acids is 1. The fourth-order valence-corrected chi connectivity index (χ4v) is 6.72. The molecule has 3 heterocycles. The molecule has 2 fully saturated rings. The van der Waals surface area contributed by atoms with Crippen LogP contribution in [0.25, 0.3) is 0 Å². The van der Waals surface area contributed by atoms with E-state index in [9.17, 15) is 50.1 Å². The maximum Gasteiger partial charge on any atom is 0.311 e. The molecule has 0 aromatic rings. The Morgan fingerprint density at radius 2 is 1.65 bits per heavy atom. The van der Waals surface area contributed by atoms with Crippen molar-refractivity contribution in [2.45, 2.75) is 152 Å². The van der Waals surface area contributed by atoms with Crippen LogP contribution in [0.2, 0.25) is 0 Å². The maximum atomic E-state index is 12.8. The van der Waals surface area contributed by atoms with Crippen molar-refractivity contribution in [1.29, 1.82) is 0 Å². The van der Waals surface area contributed by atoms with Crippen LogP contribution in [0.4, 0.5) is 0 Å². The van der Waals surface area contributed by atoms with Gasteiger partial charge in [-0.3, -0.25) is 14.4 Å². The summed E-state index contributed by atoms with van der Waals surface area (Å²) in [5, 5.41) is 74.8. The largest absolute Gasteiger partial charge is 0.481 e. The number of hydrogen-bond donors (Lipinski definition) is 8. The Labute approximate surface area is 304 Å². The monoisotopic (exact) mass is 739 g/mol. The van der Waals surface area contributed by atoms with Gasteiger partial charge in [-0.2, -0.15) is 0 Å². The Morgan fingerprint density at radius 1 is 0.981 bits per heavy atom. The summed E-state index contributed by atoms with van der Waals surface area (Å²) >= 11 is 0. The number of carboxylic acid groups (broad SMARTS) is 1. The summed E-state index contributed by atoms with van der Waals surface area (Å²) in [6.45, 7) is 5.00. The number of aliphatic hydroxyl groups is 6. The van der Waals surface area contributed by atoms with E-state index >= 15 is 0 Å². The van der Waals surface area contributed by atoms with Gasteiger partial charge in [0.05, 0.1) is 54.7 Å². The molecule has 3 aliphatic rings. The minimum absolute atomic E-state index is 0.0197. The van der Waals surface area contributed by atoms with Gasteiger partial charge in [-0.05, 0) is 33.1 Å². The van der Waals surface area contributed by atoms with E-state index in [0.29, 0.717) is 6.42 Å². The number of Topliss-reactive ketones (excluding diaryl/α,β-unsaturated/α-hetero) is 1. The Morgan fingerprint density at radius 3 is 2.33 bits per heavy atom. The molecule has 9 N–H and O–H groups in total. The molecule has 3 aliphatic heterocycles. The lowest BCUT2D eigenvalue weighted by Crippen LogP contribution is -2.61. The van der Waals surface area contributed by atoms with Crippen molar-refractivity contribution in [3.63, 3.8) is 0 Å². The summed E-state index contributed by atoms with van der Waals surface area (Å²) in [5.41, 5.74) is 5.98. The van der Waals surface area contributed by atoms with E-state index in [4.69, 9.17) is 24.7 Å². The molecular weight excluding hydrogens is 682 g/mol. The molecule has 0 radical (unpaired) electrons. The van der Waals surface area contributed by atoms with E-state index in [1.807, 2.05) is 0 Å². The zero-order chi connectivity index (χ0) is 38.6. The fourth-order valence-electron chi connectivity index (χ4n) is 6.72. The lowest BCUT2D eigenvalue weighted by molar-refractivity contribution is -0.308. The predicted octanol–water partition coefficient (Wildman–Crippen LogP) is 0.923. The van der Waals surface area contributed by atoms with Crippen LogP contribution in [-0.2, 0) is 33.3 Å². The van der Waals surface area contributed by atoms with Crippen molar-refractivity contribution in [1.82, 2.24) is 0 Å². The van der Waals surface area contributed by atoms with Gasteiger partial charge in [-0.1, -0.05) is 55.5 Å². The highest BCUT2D eigenvalue weighted by atomic mass is 16.7. The smallest absolute Gasteiger partial charge is 0.311 e. The first kappa shape index (κ1) is 43.6. The first-order chi connectivity index (χ1) is 24.5. The molecule has 294 valence electrons. The highest BCUT2D eigenvalue weighted by Gasteiger charge is 2.50. The van der Waals surface area contributed by atoms with Crippen molar-refractivity contribution in [2.24, 2.45) is 17.6 Å². The molecule has 15 heteroatoms. The number of hydrogen-bond acceptors (Lipinski definition) is 14. The number of aliphatic carboxylic acids is 1. The third-order valence-electron chi connectivity index (χ3n) is 9.66. The number of ether oxygens (including phenoxy) is 4. The van der Waals surface area contributed by atoms with E-state index in [0.717, 1.165) is 0 Å². The zero-order valence-electron chi connectivity index (χ0n) is 30.1. The quantitative estimate of drug-likeness (QED) is 0.187. The molecule has 2 saturated heterocycles. The van der Waals surface area contributed by atoms with Gasteiger partial charge in [0.25, 0.3) is 0 Å². The highest BCUT2D eigenvalue weighted by Crippen LogP contribution is 2.38. The van der Waals surface area contributed by atoms with Crippen LogP contribution in [-0.4, -0.2) is 127 Å². The number of carbonyl (C=O) groups excluding carboxylic acids is 2. The van der Waals surface area contributed by atoms with Crippen LogP contribution in [0.5, 0.6) is 0 Å². The Bertz CT molecular complexity index is 1290. The summed E-state index contributed by atoms with van der Waals surface area (Å²) in [6, 6.07) is -1.10. The summed E-state index contributed by atoms with van der Waals surface area (Å²) in [6.07, 6.45) is 1.33. The predicted molar refractivity (Wildman–Crippen MR) is 186 cm³/mol. The third-order valence-corrected chi connectivity index (χ3v) is 9.66. The van der Waals surface area contributed by atoms with Gasteiger partial charge in [0.1, 0.15) is 23.9 Å². The fraction of sp³-hybridized carbons (Fsp3) is 0.703. The molecule has 52 heavy (non-hydrogen) atoms. The van der Waals surface area contributed by atoms with Gasteiger partial charge < -0.3 is 60.4 Å². The standard InChI is InChI=1S/C37H57NO14/c1-4-26-27(41)17-23(39)14-12-15-24(40)19-37(48)20-28(42)30(34(45)46)29(52-37)18-25(51-36-33(44)31(38)32(43)22(3)50-36)16-11-9-7-5-6-8-10-13-21(2)49-35(26)47/h5-11,16,21-22,24-33,36,40-44,48H,4,12-15,17-20,38H2,1-3H3,(H,45,46)/b6-5+,9-7+,10-8+,16-11+/t21-,22+,24+,25-,26+,27+,28-,29-,30+,31-,32+,33-,36-,37-/m0/s1. The molecule has 14 atom stereocenters. The lowest BCUT2D eigenvalue weighted by Gasteiger charge is -2.45. The molecular formula is C37H57NO14. The Kier molecular flexibility index (Phi) is 17.2. The van der Waals surface area contributed by atoms with E-state index < -0.39 is 110 Å². The average Bonchev–Trinajstić information content (AvgIpc) is 3.04. The zero-order valence-corrected chi connectivity index (χ0v) is 30.1. The van der Waals surface area contributed by atoms with Gasteiger partial charge in [0.2, 0.25) is 0 Å². The lowest BCUT2D eigenvalue weighted by atomic mass is 9.83. The van der Waals surface area contributed by atoms with Crippen LogP contribution in [0.15, 0.2) is 48.6 Å². The molecule has 2 bridgehead atoms. The van der Waals surface area contributed by atoms with Gasteiger partial charge in [-0.15, -0.1) is 0 Å². The van der Waals surface area contributed by atoms with Crippen molar-refractivity contribution in [3.8, 4) is 0 Å². The molecule has 0 aromatic heterocycles. The first-order valence-corrected chi connectivity index (χ1v) is 18.0. The van der Waals surface area contributed by atoms with E-state index in [1.54, 1.807) is 69.4 Å². The summed E-state index contributed by atoms with van der Waals surface area (Å²) in [7, 11) is 0. The second kappa shape index (κ2) is 20.6. The number of carbonyl (C=O) groups is 3. The Hall–Kier alpha value is -2.83. The average molecular weight is 740 g/mol. The number of aliphatic hydroxyl groups excluding tert-OH is 5. The molecule has 15 nitrogen and oxygen atoms in total. The van der Waals surface area contributed by atoms with Crippen LogP contribution >= 0.6 is 0 Å². The summed E-state index contributed by atoms with van der Waals surface area (Å²) in [4.78, 5) is 37.8. The SMILES string of the molecule is CC[C@H]1C(=O)O[C@@H](C)C/C=C/C=C/C=C/C=C/[C@H](O[C@@H]2O[C@H](C)[C@@H](O)[C@H](N)[C@@H]2O)C[C@@H]2O[C@@](O)(C[C@H](O)CCCC(=O)C[C@H]1O)C[C@H](O)[C@H]2C(=O)O. The van der Waals surface area contributed by atoms with E-state index in [2.05, 4.69) is 0 Å². The molecule has 3 rings (SSSR count). The van der Waals surface area contributed by atoms with Crippen molar-refractivity contribution in [3.05, 3.63) is 48.6 Å². The van der Waals surface area contributed by atoms with Gasteiger partial charge in [0.15, 0.2) is 12.1 Å². The van der Waals surface area contributed by atoms with Gasteiger partial charge >= 0.3 is 11.9 Å². The molecule has 0 aliphatic carbocycles. The topological polar surface area (TPSA) is 256 Å². The summed E-state index contributed by atoms with van der Waals surface area (Å²) in [5.74, 6) is -6.84. The van der Waals surface area contributed by atoms with Crippen LogP contribution in [0, 0.1) is 11.8 Å².